The number of benzene rings is 1. The molecule has 2 aromatic heterocycles. The van der Waals surface area contributed by atoms with Crippen molar-refractivity contribution in [3.8, 4) is 0 Å². The standard InChI is InChI=1S/C14H11N3S/c1-10-4-2-3-5-12(10)18-13-7-6-11-14(17-13)16-9-8-15-11/h2-9H,1H3. The highest BCUT2D eigenvalue weighted by molar-refractivity contribution is 7.99. The molecule has 2 heterocycles. The van der Waals surface area contributed by atoms with Crippen LogP contribution in [0.5, 0.6) is 0 Å². The Labute approximate surface area is 109 Å². The highest BCUT2D eigenvalue weighted by Gasteiger charge is 2.03. The van der Waals surface area contributed by atoms with E-state index in [0.29, 0.717) is 5.65 Å². The van der Waals surface area contributed by atoms with Crippen LogP contribution >= 0.6 is 11.8 Å². The van der Waals surface area contributed by atoms with Gasteiger partial charge in [-0.15, -0.1) is 0 Å². The second-order valence-corrected chi connectivity index (χ2v) is 4.98. The molecule has 4 heteroatoms. The maximum atomic E-state index is 4.50. The van der Waals surface area contributed by atoms with Gasteiger partial charge in [-0.3, -0.25) is 4.98 Å². The van der Waals surface area contributed by atoms with E-state index in [1.165, 1.54) is 10.5 Å². The van der Waals surface area contributed by atoms with Crippen LogP contribution in [0, 0.1) is 6.92 Å². The lowest BCUT2D eigenvalue weighted by molar-refractivity contribution is 1.12. The monoisotopic (exact) mass is 253 g/mol. The summed E-state index contributed by atoms with van der Waals surface area (Å²) < 4.78 is 0. The lowest BCUT2D eigenvalue weighted by Gasteiger charge is -2.04. The summed E-state index contributed by atoms with van der Waals surface area (Å²) in [6, 6.07) is 12.2. The molecule has 3 rings (SSSR count). The van der Waals surface area contributed by atoms with Crippen molar-refractivity contribution in [3.05, 3.63) is 54.4 Å². The quantitative estimate of drug-likeness (QED) is 0.701. The van der Waals surface area contributed by atoms with E-state index in [-0.39, 0.29) is 0 Å². The number of nitrogens with zero attached hydrogens (tertiary/aromatic N) is 3. The van der Waals surface area contributed by atoms with Crippen molar-refractivity contribution < 1.29 is 0 Å². The van der Waals surface area contributed by atoms with Gasteiger partial charge in [-0.1, -0.05) is 30.0 Å². The molecule has 0 radical (unpaired) electrons. The average molecular weight is 253 g/mol. The zero-order valence-electron chi connectivity index (χ0n) is 9.87. The average Bonchev–Trinajstić information content (AvgIpc) is 2.41. The zero-order chi connectivity index (χ0) is 12.4. The van der Waals surface area contributed by atoms with Gasteiger partial charge in [-0.25, -0.2) is 9.97 Å². The van der Waals surface area contributed by atoms with Crippen molar-refractivity contribution in [1.29, 1.82) is 0 Å². The van der Waals surface area contributed by atoms with Gasteiger partial charge in [0.2, 0.25) is 0 Å². The van der Waals surface area contributed by atoms with Gasteiger partial charge < -0.3 is 0 Å². The number of aryl methyl sites for hydroxylation is 1. The van der Waals surface area contributed by atoms with Crippen LogP contribution in [0.3, 0.4) is 0 Å². The summed E-state index contributed by atoms with van der Waals surface area (Å²) in [5.41, 5.74) is 2.77. The van der Waals surface area contributed by atoms with E-state index in [1.807, 2.05) is 24.3 Å². The molecule has 18 heavy (non-hydrogen) atoms. The third-order valence-corrected chi connectivity index (χ3v) is 3.73. The Morgan fingerprint density at radius 3 is 2.67 bits per heavy atom. The fourth-order valence-electron chi connectivity index (χ4n) is 1.68. The molecular formula is C14H11N3S. The first-order valence-corrected chi connectivity index (χ1v) is 6.46. The van der Waals surface area contributed by atoms with E-state index in [1.54, 1.807) is 24.2 Å². The number of aromatic nitrogens is 3. The van der Waals surface area contributed by atoms with Crippen molar-refractivity contribution in [2.45, 2.75) is 16.8 Å². The maximum absolute atomic E-state index is 4.50. The van der Waals surface area contributed by atoms with Crippen molar-refractivity contribution in [3.63, 3.8) is 0 Å². The number of pyridine rings is 1. The molecule has 0 fully saturated rings. The van der Waals surface area contributed by atoms with Gasteiger partial charge in [-0.05, 0) is 30.7 Å². The minimum atomic E-state index is 0.691. The van der Waals surface area contributed by atoms with Gasteiger partial charge in [0.1, 0.15) is 10.5 Å². The summed E-state index contributed by atoms with van der Waals surface area (Å²) in [5.74, 6) is 0. The first-order valence-electron chi connectivity index (χ1n) is 5.64. The van der Waals surface area contributed by atoms with E-state index in [2.05, 4.69) is 34.0 Å². The Morgan fingerprint density at radius 2 is 1.78 bits per heavy atom. The second-order valence-electron chi connectivity index (χ2n) is 3.92. The summed E-state index contributed by atoms with van der Waals surface area (Å²) in [6.07, 6.45) is 3.34. The molecule has 1 aromatic carbocycles. The molecule has 0 amide bonds. The lowest BCUT2D eigenvalue weighted by atomic mass is 10.2. The van der Waals surface area contributed by atoms with Crippen LogP contribution in [0.25, 0.3) is 11.2 Å². The van der Waals surface area contributed by atoms with Crippen molar-refractivity contribution in [1.82, 2.24) is 15.0 Å². The van der Waals surface area contributed by atoms with Crippen LogP contribution in [0.4, 0.5) is 0 Å². The molecule has 0 aliphatic carbocycles. The Hall–Kier alpha value is -1.94. The van der Waals surface area contributed by atoms with Crippen molar-refractivity contribution in [2.75, 3.05) is 0 Å². The molecule has 0 aliphatic heterocycles. The number of hydrogen-bond donors (Lipinski definition) is 0. The molecule has 0 saturated heterocycles. The molecule has 0 N–H and O–H groups in total. The van der Waals surface area contributed by atoms with Crippen LogP contribution in [-0.2, 0) is 0 Å². The number of rotatable bonds is 2. The Morgan fingerprint density at radius 1 is 0.944 bits per heavy atom. The summed E-state index contributed by atoms with van der Waals surface area (Å²) in [4.78, 5) is 14.1. The third kappa shape index (κ3) is 2.19. The number of hydrogen-bond acceptors (Lipinski definition) is 4. The molecule has 3 aromatic rings. The summed E-state index contributed by atoms with van der Waals surface area (Å²) in [6.45, 7) is 2.10. The van der Waals surface area contributed by atoms with Gasteiger partial charge >= 0.3 is 0 Å². The van der Waals surface area contributed by atoms with Crippen molar-refractivity contribution in [2.24, 2.45) is 0 Å². The predicted octanol–water partition coefficient (Wildman–Crippen LogP) is 3.48. The van der Waals surface area contributed by atoms with Crippen LogP contribution in [0.15, 0.2) is 58.7 Å². The smallest absolute Gasteiger partial charge is 0.179 e. The topological polar surface area (TPSA) is 38.7 Å². The molecule has 0 aliphatic rings. The second kappa shape index (κ2) is 4.74. The highest BCUT2D eigenvalue weighted by atomic mass is 32.2. The first kappa shape index (κ1) is 11.2. The fraction of sp³-hybridized carbons (Fsp3) is 0.0714. The minimum Gasteiger partial charge on any atom is -0.251 e. The van der Waals surface area contributed by atoms with E-state index in [0.717, 1.165) is 10.5 Å². The van der Waals surface area contributed by atoms with Gasteiger partial charge in [0, 0.05) is 17.3 Å². The first-order chi connectivity index (χ1) is 8.83. The van der Waals surface area contributed by atoms with Crippen molar-refractivity contribution >= 4 is 22.9 Å². The fourth-order valence-corrected chi connectivity index (χ4v) is 2.55. The molecule has 0 unspecified atom stereocenters. The summed E-state index contributed by atoms with van der Waals surface area (Å²) >= 11 is 1.65. The van der Waals surface area contributed by atoms with Crippen LogP contribution in [0.1, 0.15) is 5.56 Å². The molecule has 0 spiro atoms. The van der Waals surface area contributed by atoms with E-state index in [9.17, 15) is 0 Å². The molecule has 0 saturated carbocycles. The maximum Gasteiger partial charge on any atom is 0.179 e. The Balaban J connectivity index is 1.98. The lowest BCUT2D eigenvalue weighted by Crippen LogP contribution is -1.88. The molecular weight excluding hydrogens is 242 g/mol. The third-order valence-electron chi connectivity index (χ3n) is 2.61. The summed E-state index contributed by atoms with van der Waals surface area (Å²) in [7, 11) is 0. The van der Waals surface area contributed by atoms with E-state index < -0.39 is 0 Å². The number of fused-ring (bicyclic) bond motifs is 1. The molecule has 3 nitrogen and oxygen atoms in total. The van der Waals surface area contributed by atoms with Gasteiger partial charge in [0.25, 0.3) is 0 Å². The molecule has 0 bridgehead atoms. The van der Waals surface area contributed by atoms with E-state index in [4.69, 9.17) is 0 Å². The van der Waals surface area contributed by atoms with Crippen LogP contribution in [0.2, 0.25) is 0 Å². The van der Waals surface area contributed by atoms with Gasteiger partial charge in [-0.2, -0.15) is 0 Å². The van der Waals surface area contributed by atoms with E-state index >= 15 is 0 Å². The molecule has 88 valence electrons. The minimum absolute atomic E-state index is 0.691. The van der Waals surface area contributed by atoms with Gasteiger partial charge in [0.15, 0.2) is 5.65 Å². The molecule has 0 atom stereocenters. The SMILES string of the molecule is Cc1ccccc1Sc1ccc2nccnc2n1. The predicted molar refractivity (Wildman–Crippen MR) is 72.6 cm³/mol. The summed E-state index contributed by atoms with van der Waals surface area (Å²) in [5, 5.41) is 0.942. The normalized spacial score (nSPS) is 10.7. The van der Waals surface area contributed by atoms with Crippen LogP contribution < -0.4 is 0 Å². The van der Waals surface area contributed by atoms with Crippen LogP contribution in [-0.4, -0.2) is 15.0 Å². The Bertz CT molecular complexity index is 697. The Kier molecular flexibility index (Phi) is 2.94. The largest absolute Gasteiger partial charge is 0.251 e. The van der Waals surface area contributed by atoms with Gasteiger partial charge in [0.05, 0.1) is 0 Å². The zero-order valence-corrected chi connectivity index (χ0v) is 10.7. The highest BCUT2D eigenvalue weighted by Crippen LogP contribution is 2.29.